The minimum atomic E-state index is -3.38. The van der Waals surface area contributed by atoms with Crippen LogP contribution in [-0.4, -0.2) is 61.4 Å². The Morgan fingerprint density at radius 2 is 2.17 bits per heavy atom. The first-order valence-electron chi connectivity index (χ1n) is 6.84. The van der Waals surface area contributed by atoms with Gasteiger partial charge in [0.15, 0.2) is 21.8 Å². The number of nitrogens with zero attached hydrogens (tertiary/aromatic N) is 2. The zero-order chi connectivity index (χ0) is 16.6. The Labute approximate surface area is 131 Å². The van der Waals surface area contributed by atoms with Crippen molar-refractivity contribution in [2.24, 2.45) is 0 Å². The van der Waals surface area contributed by atoms with Gasteiger partial charge in [-0.05, 0) is 18.2 Å². The average molecular weight is 338 g/mol. The summed E-state index contributed by atoms with van der Waals surface area (Å²) in [5, 5.41) is 0. The minimum Gasteiger partial charge on any atom is -0.467 e. The summed E-state index contributed by atoms with van der Waals surface area (Å²) in [6.07, 6.45) is 1.27. The molecular weight excluding hydrogens is 324 g/mol. The Bertz CT molecular complexity index is 872. The van der Waals surface area contributed by atoms with Crippen molar-refractivity contribution in [3.8, 4) is 0 Å². The van der Waals surface area contributed by atoms with Crippen molar-refractivity contribution in [1.29, 1.82) is 0 Å². The first kappa shape index (κ1) is 15.5. The molecule has 0 unspecified atom stereocenters. The van der Waals surface area contributed by atoms with Gasteiger partial charge >= 0.3 is 5.97 Å². The predicted octanol–water partition coefficient (Wildman–Crippen LogP) is 0.240. The summed E-state index contributed by atoms with van der Waals surface area (Å²) < 4.78 is 33.3. The number of carbonyl (C=O) groups is 2. The lowest BCUT2D eigenvalue weighted by Crippen LogP contribution is -2.55. The molecule has 1 atom stereocenters. The number of hydrogen-bond donors (Lipinski definition) is 0. The van der Waals surface area contributed by atoms with Crippen molar-refractivity contribution < 1.29 is 27.2 Å². The zero-order valence-corrected chi connectivity index (χ0v) is 13.1. The van der Waals surface area contributed by atoms with Gasteiger partial charge in [0.1, 0.15) is 11.6 Å². The molecule has 9 heteroatoms. The third-order valence-electron chi connectivity index (χ3n) is 3.74. The third-order valence-corrected chi connectivity index (χ3v) is 5.37. The molecule has 122 valence electrons. The number of sulfone groups is 1. The molecule has 3 rings (SSSR count). The maximum atomic E-state index is 12.7. The molecular formula is C14H14N2O6S. The lowest BCUT2D eigenvalue weighted by molar-refractivity contribution is -0.145. The van der Waals surface area contributed by atoms with Gasteiger partial charge < -0.3 is 14.1 Å². The second kappa shape index (κ2) is 5.65. The highest BCUT2D eigenvalue weighted by Gasteiger charge is 2.39. The van der Waals surface area contributed by atoms with Crippen LogP contribution >= 0.6 is 0 Å². The highest BCUT2D eigenvalue weighted by Crippen LogP contribution is 2.20. The van der Waals surface area contributed by atoms with Crippen LogP contribution in [0.5, 0.6) is 0 Å². The Hall–Kier alpha value is -2.42. The molecule has 1 saturated heterocycles. The molecule has 8 nitrogen and oxygen atoms in total. The smallest absolute Gasteiger partial charge is 0.329 e. The highest BCUT2D eigenvalue weighted by molar-refractivity contribution is 7.91. The van der Waals surface area contributed by atoms with E-state index in [1.165, 1.54) is 17.4 Å². The van der Waals surface area contributed by atoms with Crippen LogP contribution in [0.3, 0.4) is 0 Å². The van der Waals surface area contributed by atoms with E-state index in [2.05, 4.69) is 9.72 Å². The first-order chi connectivity index (χ1) is 10.9. The summed E-state index contributed by atoms with van der Waals surface area (Å²) in [6, 6.07) is 3.56. The number of hydrogen-bond acceptors (Lipinski definition) is 7. The lowest BCUT2D eigenvalue weighted by atomic mass is 10.1. The van der Waals surface area contributed by atoms with E-state index in [-0.39, 0.29) is 12.3 Å². The molecule has 1 aliphatic rings. The average Bonchev–Trinajstić information content (AvgIpc) is 3.00. The molecule has 0 saturated carbocycles. The summed E-state index contributed by atoms with van der Waals surface area (Å²) in [7, 11) is -2.23. The van der Waals surface area contributed by atoms with Crippen LogP contribution in [-0.2, 0) is 19.4 Å². The van der Waals surface area contributed by atoms with Crippen LogP contribution in [0.25, 0.3) is 11.1 Å². The number of methoxy groups -OCH3 is 1. The van der Waals surface area contributed by atoms with Gasteiger partial charge in [-0.15, -0.1) is 0 Å². The van der Waals surface area contributed by atoms with Crippen LogP contribution in [0.1, 0.15) is 10.4 Å². The second-order valence-electron chi connectivity index (χ2n) is 5.19. The molecule has 1 aliphatic heterocycles. The van der Waals surface area contributed by atoms with Gasteiger partial charge in [0, 0.05) is 12.1 Å². The second-order valence-corrected chi connectivity index (χ2v) is 7.42. The number of benzene rings is 1. The Kier molecular flexibility index (Phi) is 3.80. The van der Waals surface area contributed by atoms with Crippen LogP contribution in [0, 0.1) is 0 Å². The quantitative estimate of drug-likeness (QED) is 0.722. The molecule has 1 aromatic heterocycles. The summed E-state index contributed by atoms with van der Waals surface area (Å²) in [4.78, 5) is 29.7. The minimum absolute atomic E-state index is 0.0601. The number of esters is 1. The number of fused-ring (bicyclic) bond motifs is 1. The van der Waals surface area contributed by atoms with E-state index in [0.717, 1.165) is 7.11 Å². The van der Waals surface area contributed by atoms with E-state index >= 15 is 0 Å². The standard InChI is InChI=1S/C14H14N2O6S/c1-21-14(18)11-7-23(19,20)5-4-16(11)13(17)9-2-3-10-12(6-9)22-8-15-10/h2-3,6,8,11H,4-5,7H2,1H3/t11-/m0/s1. The fourth-order valence-corrected chi connectivity index (χ4v) is 3.97. The van der Waals surface area contributed by atoms with Gasteiger partial charge in [-0.2, -0.15) is 0 Å². The van der Waals surface area contributed by atoms with Crippen molar-refractivity contribution in [3.05, 3.63) is 30.2 Å². The maximum absolute atomic E-state index is 12.7. The predicted molar refractivity (Wildman–Crippen MR) is 79.5 cm³/mol. The molecule has 2 heterocycles. The van der Waals surface area contributed by atoms with Crippen molar-refractivity contribution in [2.45, 2.75) is 6.04 Å². The Morgan fingerprint density at radius 3 is 2.91 bits per heavy atom. The number of amides is 1. The molecule has 0 aliphatic carbocycles. The number of aromatic nitrogens is 1. The van der Waals surface area contributed by atoms with Gasteiger partial charge in [0.2, 0.25) is 0 Å². The third kappa shape index (κ3) is 2.91. The monoisotopic (exact) mass is 338 g/mol. The number of ether oxygens (including phenoxy) is 1. The summed E-state index contributed by atoms with van der Waals surface area (Å²) in [5.41, 5.74) is 1.34. The van der Waals surface area contributed by atoms with Crippen LogP contribution in [0.15, 0.2) is 29.0 Å². The lowest BCUT2D eigenvalue weighted by Gasteiger charge is -2.33. The van der Waals surface area contributed by atoms with Gasteiger partial charge in [0.25, 0.3) is 5.91 Å². The van der Waals surface area contributed by atoms with Gasteiger partial charge in [-0.1, -0.05) is 0 Å². The van der Waals surface area contributed by atoms with Crippen LogP contribution in [0.4, 0.5) is 0 Å². The number of rotatable bonds is 2. The Morgan fingerprint density at radius 1 is 1.39 bits per heavy atom. The van der Waals surface area contributed by atoms with E-state index in [9.17, 15) is 18.0 Å². The molecule has 1 fully saturated rings. The van der Waals surface area contributed by atoms with Gasteiger partial charge in [-0.25, -0.2) is 18.2 Å². The molecule has 1 aromatic carbocycles. The fourth-order valence-electron chi connectivity index (χ4n) is 2.54. The molecule has 0 spiro atoms. The van der Waals surface area contributed by atoms with Gasteiger partial charge in [0.05, 0.1) is 18.6 Å². The molecule has 0 N–H and O–H groups in total. The van der Waals surface area contributed by atoms with E-state index in [1.54, 1.807) is 12.1 Å². The number of oxazole rings is 1. The molecule has 0 bridgehead atoms. The normalized spacial score (nSPS) is 20.4. The molecule has 2 aromatic rings. The summed E-state index contributed by atoms with van der Waals surface area (Å²) in [6.45, 7) is -0.0601. The summed E-state index contributed by atoms with van der Waals surface area (Å²) >= 11 is 0. The fraction of sp³-hybridized carbons (Fsp3) is 0.357. The first-order valence-corrected chi connectivity index (χ1v) is 8.66. The Balaban J connectivity index is 1.93. The van der Waals surface area contributed by atoms with Gasteiger partial charge in [-0.3, -0.25) is 4.79 Å². The van der Waals surface area contributed by atoms with E-state index in [1.807, 2.05) is 0 Å². The highest BCUT2D eigenvalue weighted by atomic mass is 32.2. The van der Waals surface area contributed by atoms with Crippen LogP contribution in [0.2, 0.25) is 0 Å². The summed E-state index contributed by atoms with van der Waals surface area (Å²) in [5.74, 6) is -1.82. The van der Waals surface area contributed by atoms with Crippen molar-refractivity contribution >= 4 is 32.8 Å². The largest absolute Gasteiger partial charge is 0.467 e. The SMILES string of the molecule is COC(=O)[C@@H]1CS(=O)(=O)CCN1C(=O)c1ccc2ncoc2c1. The maximum Gasteiger partial charge on any atom is 0.329 e. The van der Waals surface area contributed by atoms with E-state index < -0.39 is 33.5 Å². The molecule has 0 radical (unpaired) electrons. The van der Waals surface area contributed by atoms with Crippen molar-refractivity contribution in [3.63, 3.8) is 0 Å². The van der Waals surface area contributed by atoms with E-state index in [0.29, 0.717) is 16.7 Å². The van der Waals surface area contributed by atoms with Crippen LogP contribution < -0.4 is 0 Å². The number of carbonyl (C=O) groups excluding carboxylic acids is 2. The molecule has 1 amide bonds. The van der Waals surface area contributed by atoms with Crippen molar-refractivity contribution in [2.75, 3.05) is 25.2 Å². The zero-order valence-electron chi connectivity index (χ0n) is 12.3. The molecule has 23 heavy (non-hydrogen) atoms. The van der Waals surface area contributed by atoms with E-state index in [4.69, 9.17) is 4.42 Å². The van der Waals surface area contributed by atoms with Crippen molar-refractivity contribution in [1.82, 2.24) is 9.88 Å². The topological polar surface area (TPSA) is 107 Å².